The number of cyclic esters (lactones) is 1. The van der Waals surface area contributed by atoms with Gasteiger partial charge in [0.2, 0.25) is 11.8 Å². The number of likely N-dealkylation sites (tertiary alicyclic amines) is 1. The Morgan fingerprint density at radius 1 is 1.06 bits per heavy atom. The Bertz CT molecular complexity index is 1010. The van der Waals surface area contributed by atoms with E-state index < -0.39 is 35.0 Å². The third-order valence-corrected chi connectivity index (χ3v) is 6.95. The highest BCUT2D eigenvalue weighted by Crippen LogP contribution is 2.57. The minimum atomic E-state index is -1.31. The molecule has 2 fully saturated rings. The second-order valence-electron chi connectivity index (χ2n) is 8.89. The summed E-state index contributed by atoms with van der Waals surface area (Å²) >= 11 is 0. The molecule has 5 atom stereocenters. The summed E-state index contributed by atoms with van der Waals surface area (Å²) in [5.74, 6) is -2.93. The fraction of sp³-hybridized carbons (Fsp3) is 0.458. The average Bonchev–Trinajstić information content (AvgIpc) is 3.03. The predicted octanol–water partition coefficient (Wildman–Crippen LogP) is 0.661. The molecule has 1 spiro atoms. The van der Waals surface area contributed by atoms with Crippen LogP contribution in [0.15, 0.2) is 54.6 Å². The number of carbonyl (C=O) groups excluding carboxylic acids is 3. The van der Waals surface area contributed by atoms with Crippen LogP contribution in [-0.2, 0) is 30.4 Å². The summed E-state index contributed by atoms with van der Waals surface area (Å²) in [5.41, 5.74) is -1.42. The molecule has 8 nitrogen and oxygen atoms in total. The van der Waals surface area contributed by atoms with Crippen LogP contribution in [0.1, 0.15) is 12.5 Å². The molecule has 1 aromatic carbocycles. The van der Waals surface area contributed by atoms with Crippen molar-refractivity contribution < 1.29 is 29.0 Å². The van der Waals surface area contributed by atoms with Crippen LogP contribution in [0.5, 0.6) is 0 Å². The normalized spacial score (nSPS) is 35.8. The molecule has 2 saturated heterocycles. The molecule has 2 amide bonds. The number of β-amino-alcohol motifs (C(OH)–C–C–N with tert-alkyl or cyclic N) is 1. The maximum atomic E-state index is 13.9. The van der Waals surface area contributed by atoms with Crippen molar-refractivity contribution in [1.29, 1.82) is 0 Å². The highest BCUT2D eigenvalue weighted by atomic mass is 16.6. The summed E-state index contributed by atoms with van der Waals surface area (Å²) in [7, 11) is 0. The van der Waals surface area contributed by atoms with Gasteiger partial charge >= 0.3 is 5.97 Å². The van der Waals surface area contributed by atoms with E-state index in [4.69, 9.17) is 9.47 Å². The number of hydrogen-bond donors (Lipinski definition) is 1. The zero-order valence-corrected chi connectivity index (χ0v) is 17.8. The molecule has 0 bridgehead atoms. The SMILES string of the molecule is C[C@@]12C=CCOC(=O)[C@@H]1[C@H]1C(=O)N(CCO)C3C(=O)N(Cc4ccccc4)CC=C[C@@]31O2. The fourth-order valence-electron chi connectivity index (χ4n) is 5.70. The topological polar surface area (TPSA) is 96.4 Å². The number of fused-ring (bicyclic) bond motifs is 2. The summed E-state index contributed by atoms with van der Waals surface area (Å²) in [4.78, 5) is 43.4. The Hall–Kier alpha value is -2.97. The Balaban J connectivity index is 1.59. The number of esters is 1. The molecule has 1 unspecified atom stereocenters. The first-order valence-corrected chi connectivity index (χ1v) is 10.9. The zero-order valence-electron chi connectivity index (χ0n) is 17.8. The molecule has 4 aliphatic heterocycles. The van der Waals surface area contributed by atoms with E-state index in [-0.39, 0.29) is 31.6 Å². The van der Waals surface area contributed by atoms with Gasteiger partial charge < -0.3 is 24.4 Å². The molecular weight excluding hydrogens is 412 g/mol. The van der Waals surface area contributed by atoms with Crippen molar-refractivity contribution in [2.24, 2.45) is 11.8 Å². The second-order valence-corrected chi connectivity index (χ2v) is 8.89. The number of rotatable bonds is 4. The largest absolute Gasteiger partial charge is 0.461 e. The third-order valence-electron chi connectivity index (χ3n) is 6.95. The number of hydrogen-bond acceptors (Lipinski definition) is 6. The van der Waals surface area contributed by atoms with Gasteiger partial charge in [-0.2, -0.15) is 0 Å². The molecule has 5 rings (SSSR count). The number of nitrogens with zero attached hydrogens (tertiary/aromatic N) is 2. The highest BCUT2D eigenvalue weighted by Gasteiger charge is 2.74. The molecule has 0 aliphatic carbocycles. The molecular formula is C24H26N2O6. The van der Waals surface area contributed by atoms with Crippen LogP contribution >= 0.6 is 0 Å². The summed E-state index contributed by atoms with van der Waals surface area (Å²) < 4.78 is 11.9. The molecule has 0 saturated carbocycles. The first-order valence-electron chi connectivity index (χ1n) is 10.9. The lowest BCUT2D eigenvalue weighted by Gasteiger charge is -2.37. The van der Waals surface area contributed by atoms with Crippen molar-refractivity contribution in [3.63, 3.8) is 0 Å². The van der Waals surface area contributed by atoms with Gasteiger partial charge in [0.15, 0.2) is 0 Å². The second kappa shape index (κ2) is 7.56. The Morgan fingerprint density at radius 2 is 1.84 bits per heavy atom. The molecule has 168 valence electrons. The molecule has 4 heterocycles. The maximum absolute atomic E-state index is 13.9. The smallest absolute Gasteiger partial charge is 0.313 e. The van der Waals surface area contributed by atoms with Crippen molar-refractivity contribution in [3.05, 3.63) is 60.2 Å². The molecule has 0 radical (unpaired) electrons. The van der Waals surface area contributed by atoms with Crippen LogP contribution in [-0.4, -0.2) is 76.2 Å². The first-order chi connectivity index (χ1) is 15.4. The van der Waals surface area contributed by atoms with Gasteiger partial charge in [0.1, 0.15) is 24.2 Å². The lowest BCUT2D eigenvalue weighted by molar-refractivity contribution is -0.158. The lowest BCUT2D eigenvalue weighted by atomic mass is 9.75. The number of aliphatic hydroxyl groups excluding tert-OH is 1. The third kappa shape index (κ3) is 2.93. The van der Waals surface area contributed by atoms with Crippen LogP contribution in [0.3, 0.4) is 0 Å². The van der Waals surface area contributed by atoms with Gasteiger partial charge in [-0.1, -0.05) is 48.6 Å². The minimum Gasteiger partial charge on any atom is -0.461 e. The standard InChI is InChI=1S/C24H26N2O6/c1-23-9-6-14-31-22(30)18(23)17-20(28)26(12-13-27)19-21(29)25(11-5-10-24(17,19)32-23)15-16-7-3-2-4-8-16/h2-10,17-19,27H,11-15H2,1H3/t17-,18-,19?,23+,24-/m0/s1. The Labute approximate surface area is 186 Å². The number of ether oxygens (including phenoxy) is 2. The van der Waals surface area contributed by atoms with Gasteiger partial charge in [-0.15, -0.1) is 0 Å². The van der Waals surface area contributed by atoms with E-state index in [1.807, 2.05) is 36.4 Å². The Kier molecular flexibility index (Phi) is 4.94. The lowest BCUT2D eigenvalue weighted by Crippen LogP contribution is -2.56. The summed E-state index contributed by atoms with van der Waals surface area (Å²) in [6.07, 6.45) is 7.10. The van der Waals surface area contributed by atoms with Crippen molar-refractivity contribution >= 4 is 17.8 Å². The van der Waals surface area contributed by atoms with E-state index in [0.717, 1.165) is 5.56 Å². The molecule has 4 aliphatic rings. The van der Waals surface area contributed by atoms with Gasteiger partial charge in [0.05, 0.1) is 18.1 Å². The molecule has 1 N–H and O–H groups in total. The van der Waals surface area contributed by atoms with Crippen LogP contribution in [0.25, 0.3) is 0 Å². The van der Waals surface area contributed by atoms with Crippen LogP contribution in [0.2, 0.25) is 0 Å². The predicted molar refractivity (Wildman–Crippen MR) is 113 cm³/mol. The zero-order chi connectivity index (χ0) is 22.5. The molecule has 8 heteroatoms. The van der Waals surface area contributed by atoms with E-state index in [2.05, 4.69) is 0 Å². The summed E-state index contributed by atoms with van der Waals surface area (Å²) in [5, 5.41) is 9.65. The quantitative estimate of drug-likeness (QED) is 0.548. The van der Waals surface area contributed by atoms with Crippen LogP contribution in [0.4, 0.5) is 0 Å². The summed E-state index contributed by atoms with van der Waals surface area (Å²) in [6.45, 7) is 2.30. The van der Waals surface area contributed by atoms with Crippen LogP contribution < -0.4 is 0 Å². The molecule has 0 aromatic heterocycles. The minimum absolute atomic E-state index is 0.0157. The number of aliphatic hydroxyl groups is 1. The fourth-order valence-corrected chi connectivity index (χ4v) is 5.70. The van der Waals surface area contributed by atoms with E-state index >= 15 is 0 Å². The first kappa shape index (κ1) is 20.9. The van der Waals surface area contributed by atoms with E-state index in [0.29, 0.717) is 13.1 Å². The van der Waals surface area contributed by atoms with Gasteiger partial charge in [-0.05, 0) is 18.6 Å². The van der Waals surface area contributed by atoms with E-state index in [1.165, 1.54) is 4.90 Å². The Morgan fingerprint density at radius 3 is 2.59 bits per heavy atom. The van der Waals surface area contributed by atoms with Crippen molar-refractivity contribution in [3.8, 4) is 0 Å². The molecule has 1 aromatic rings. The van der Waals surface area contributed by atoms with Crippen molar-refractivity contribution in [2.45, 2.75) is 30.7 Å². The molecule has 32 heavy (non-hydrogen) atoms. The van der Waals surface area contributed by atoms with Gasteiger partial charge in [-0.25, -0.2) is 0 Å². The van der Waals surface area contributed by atoms with Crippen molar-refractivity contribution in [2.75, 3.05) is 26.3 Å². The average molecular weight is 438 g/mol. The maximum Gasteiger partial charge on any atom is 0.313 e. The number of carbonyl (C=O) groups is 3. The van der Waals surface area contributed by atoms with Crippen molar-refractivity contribution in [1.82, 2.24) is 9.80 Å². The monoisotopic (exact) mass is 438 g/mol. The number of amides is 2. The van der Waals surface area contributed by atoms with E-state index in [9.17, 15) is 19.5 Å². The van der Waals surface area contributed by atoms with Crippen LogP contribution in [0, 0.1) is 11.8 Å². The van der Waals surface area contributed by atoms with Gasteiger partial charge in [0, 0.05) is 19.6 Å². The number of benzene rings is 1. The summed E-state index contributed by atoms with van der Waals surface area (Å²) in [6, 6.07) is 8.65. The van der Waals surface area contributed by atoms with Gasteiger partial charge in [-0.3, -0.25) is 14.4 Å². The van der Waals surface area contributed by atoms with Gasteiger partial charge in [0.25, 0.3) is 0 Å². The highest BCUT2D eigenvalue weighted by molar-refractivity contribution is 5.99. The van der Waals surface area contributed by atoms with E-state index in [1.54, 1.807) is 30.1 Å².